The summed E-state index contributed by atoms with van der Waals surface area (Å²) in [7, 11) is 0. The standard InChI is InChI=1S/C8H4F2O4/c9-5-2-6(10)4(8(13)14)1-3(5)7(11)12/h1-2H,(H,11,12)(H,13,14). The second kappa shape index (κ2) is 3.41. The Morgan fingerprint density at radius 2 is 1.29 bits per heavy atom. The van der Waals surface area contributed by atoms with Crippen LogP contribution in [0.2, 0.25) is 0 Å². The van der Waals surface area contributed by atoms with Crippen LogP contribution in [0.1, 0.15) is 20.7 Å². The van der Waals surface area contributed by atoms with Gasteiger partial charge in [0.1, 0.15) is 11.6 Å². The highest BCUT2D eigenvalue weighted by atomic mass is 19.1. The van der Waals surface area contributed by atoms with Crippen molar-refractivity contribution >= 4 is 11.9 Å². The molecule has 0 aromatic heterocycles. The number of carboxylic acids is 2. The Bertz CT molecular complexity index is 379. The lowest BCUT2D eigenvalue weighted by Gasteiger charge is -2.00. The molecule has 74 valence electrons. The van der Waals surface area contributed by atoms with Crippen molar-refractivity contribution in [3.05, 3.63) is 34.9 Å². The predicted molar refractivity (Wildman–Crippen MR) is 40.3 cm³/mol. The van der Waals surface area contributed by atoms with Crippen LogP contribution in [-0.2, 0) is 0 Å². The highest BCUT2D eigenvalue weighted by Crippen LogP contribution is 2.14. The summed E-state index contributed by atoms with van der Waals surface area (Å²) < 4.78 is 25.5. The van der Waals surface area contributed by atoms with Crippen molar-refractivity contribution in [3.8, 4) is 0 Å². The van der Waals surface area contributed by atoms with Crippen molar-refractivity contribution in [2.24, 2.45) is 0 Å². The summed E-state index contributed by atoms with van der Waals surface area (Å²) in [5.74, 6) is -5.91. The van der Waals surface area contributed by atoms with Gasteiger partial charge < -0.3 is 10.2 Å². The molecule has 0 unspecified atom stereocenters. The van der Waals surface area contributed by atoms with Gasteiger partial charge in [0.2, 0.25) is 0 Å². The third-order valence-corrected chi connectivity index (χ3v) is 1.52. The van der Waals surface area contributed by atoms with Crippen LogP contribution < -0.4 is 0 Å². The largest absolute Gasteiger partial charge is 0.478 e. The minimum atomic E-state index is -1.65. The summed E-state index contributed by atoms with van der Waals surface area (Å²) in [5, 5.41) is 16.8. The molecule has 0 aliphatic rings. The van der Waals surface area contributed by atoms with Gasteiger partial charge in [-0.15, -0.1) is 0 Å². The Balaban J connectivity index is 3.42. The van der Waals surface area contributed by atoms with Crippen molar-refractivity contribution in [2.45, 2.75) is 0 Å². The van der Waals surface area contributed by atoms with Crippen LogP contribution in [0.25, 0.3) is 0 Å². The van der Waals surface area contributed by atoms with Crippen molar-refractivity contribution in [1.82, 2.24) is 0 Å². The maximum atomic E-state index is 12.7. The molecule has 0 heterocycles. The molecule has 1 aromatic carbocycles. The lowest BCUT2D eigenvalue weighted by Crippen LogP contribution is -2.07. The number of hydrogen-bond acceptors (Lipinski definition) is 2. The van der Waals surface area contributed by atoms with E-state index in [2.05, 4.69) is 0 Å². The third kappa shape index (κ3) is 1.68. The summed E-state index contributed by atoms with van der Waals surface area (Å²) in [4.78, 5) is 20.7. The van der Waals surface area contributed by atoms with Crippen LogP contribution >= 0.6 is 0 Å². The van der Waals surface area contributed by atoms with E-state index in [-0.39, 0.29) is 6.07 Å². The summed E-state index contributed by atoms with van der Waals surface area (Å²) in [6, 6.07) is 0.669. The maximum absolute atomic E-state index is 12.7. The molecular weight excluding hydrogens is 198 g/mol. The predicted octanol–water partition coefficient (Wildman–Crippen LogP) is 1.36. The third-order valence-electron chi connectivity index (χ3n) is 1.52. The Morgan fingerprint density at radius 1 is 0.929 bits per heavy atom. The van der Waals surface area contributed by atoms with Gasteiger partial charge in [0.05, 0.1) is 11.1 Å². The van der Waals surface area contributed by atoms with E-state index in [1.807, 2.05) is 0 Å². The average Bonchev–Trinajstić information content (AvgIpc) is 2.02. The molecule has 0 radical (unpaired) electrons. The van der Waals surface area contributed by atoms with Gasteiger partial charge in [-0.3, -0.25) is 0 Å². The fourth-order valence-electron chi connectivity index (χ4n) is 0.877. The van der Waals surface area contributed by atoms with Crippen molar-refractivity contribution in [2.75, 3.05) is 0 Å². The second-order valence-corrected chi connectivity index (χ2v) is 2.42. The second-order valence-electron chi connectivity index (χ2n) is 2.42. The number of carbonyl (C=O) groups is 2. The zero-order chi connectivity index (χ0) is 10.9. The quantitative estimate of drug-likeness (QED) is 0.759. The molecule has 14 heavy (non-hydrogen) atoms. The Labute approximate surface area is 76.4 Å². The number of hydrogen-bond donors (Lipinski definition) is 2. The highest BCUT2D eigenvalue weighted by molar-refractivity contribution is 5.94. The average molecular weight is 202 g/mol. The van der Waals surface area contributed by atoms with E-state index in [1.165, 1.54) is 0 Å². The Morgan fingerprint density at radius 3 is 1.57 bits per heavy atom. The van der Waals surface area contributed by atoms with E-state index >= 15 is 0 Å². The molecule has 4 nitrogen and oxygen atoms in total. The first-order chi connectivity index (χ1) is 6.43. The highest BCUT2D eigenvalue weighted by Gasteiger charge is 2.18. The molecule has 1 rings (SSSR count). The molecule has 1 aromatic rings. The number of carboxylic acid groups (broad SMARTS) is 2. The SMILES string of the molecule is O=C(O)c1cc(C(=O)O)c(F)cc1F. The zero-order valence-corrected chi connectivity index (χ0v) is 6.62. The van der Waals surface area contributed by atoms with Gasteiger partial charge in [-0.05, 0) is 6.07 Å². The van der Waals surface area contributed by atoms with Crippen LogP contribution in [0.4, 0.5) is 8.78 Å². The Hall–Kier alpha value is -1.98. The van der Waals surface area contributed by atoms with Crippen molar-refractivity contribution in [3.63, 3.8) is 0 Å². The summed E-state index contributed by atoms with van der Waals surface area (Å²) in [5.41, 5.74) is -1.74. The molecule has 0 spiro atoms. The van der Waals surface area contributed by atoms with Gasteiger partial charge >= 0.3 is 11.9 Å². The number of halogens is 2. The van der Waals surface area contributed by atoms with Crippen LogP contribution in [0, 0.1) is 11.6 Å². The minimum absolute atomic E-state index is 0.229. The van der Waals surface area contributed by atoms with E-state index in [1.54, 1.807) is 0 Å². The van der Waals surface area contributed by atoms with Crippen molar-refractivity contribution in [1.29, 1.82) is 0 Å². The fourth-order valence-corrected chi connectivity index (χ4v) is 0.877. The van der Waals surface area contributed by atoms with Gasteiger partial charge in [0.15, 0.2) is 0 Å². The molecule has 0 saturated carbocycles. The van der Waals surface area contributed by atoms with E-state index in [4.69, 9.17) is 10.2 Å². The molecule has 0 aliphatic carbocycles. The molecule has 0 atom stereocenters. The van der Waals surface area contributed by atoms with Crippen LogP contribution in [0.5, 0.6) is 0 Å². The smallest absolute Gasteiger partial charge is 0.338 e. The molecular formula is C8H4F2O4. The minimum Gasteiger partial charge on any atom is -0.478 e. The van der Waals surface area contributed by atoms with Gasteiger partial charge in [0, 0.05) is 6.07 Å². The van der Waals surface area contributed by atoms with Gasteiger partial charge in [-0.25, -0.2) is 18.4 Å². The molecule has 0 amide bonds. The van der Waals surface area contributed by atoms with E-state index in [0.717, 1.165) is 0 Å². The zero-order valence-electron chi connectivity index (χ0n) is 6.62. The van der Waals surface area contributed by atoms with Crippen LogP contribution in [-0.4, -0.2) is 22.2 Å². The van der Waals surface area contributed by atoms with E-state index in [0.29, 0.717) is 6.07 Å². The normalized spacial score (nSPS) is 9.86. The molecule has 6 heteroatoms. The topological polar surface area (TPSA) is 74.6 Å². The van der Waals surface area contributed by atoms with Gasteiger partial charge in [0.25, 0.3) is 0 Å². The Kier molecular flexibility index (Phi) is 2.46. The summed E-state index contributed by atoms with van der Waals surface area (Å²) in [6.45, 7) is 0. The van der Waals surface area contributed by atoms with E-state index < -0.39 is 34.7 Å². The van der Waals surface area contributed by atoms with Crippen LogP contribution in [0.3, 0.4) is 0 Å². The molecule has 0 fully saturated rings. The van der Waals surface area contributed by atoms with Gasteiger partial charge in [-0.2, -0.15) is 0 Å². The molecule has 0 aliphatic heterocycles. The maximum Gasteiger partial charge on any atom is 0.338 e. The first kappa shape index (κ1) is 10.1. The van der Waals surface area contributed by atoms with Crippen molar-refractivity contribution < 1.29 is 28.6 Å². The lowest BCUT2D eigenvalue weighted by molar-refractivity contribution is 0.0691. The first-order valence-corrected chi connectivity index (χ1v) is 3.39. The van der Waals surface area contributed by atoms with Gasteiger partial charge in [-0.1, -0.05) is 0 Å². The number of aromatic carboxylic acids is 2. The fraction of sp³-hybridized carbons (Fsp3) is 0. The van der Waals surface area contributed by atoms with Crippen LogP contribution in [0.15, 0.2) is 12.1 Å². The monoisotopic (exact) mass is 202 g/mol. The summed E-state index contributed by atoms with van der Waals surface area (Å²) in [6.07, 6.45) is 0. The summed E-state index contributed by atoms with van der Waals surface area (Å²) >= 11 is 0. The lowest BCUT2D eigenvalue weighted by atomic mass is 10.1. The van der Waals surface area contributed by atoms with E-state index in [9.17, 15) is 18.4 Å². The molecule has 0 bridgehead atoms. The first-order valence-electron chi connectivity index (χ1n) is 3.39. The number of benzene rings is 1. The number of rotatable bonds is 2. The molecule has 2 N–H and O–H groups in total. The molecule has 0 saturated heterocycles.